The summed E-state index contributed by atoms with van der Waals surface area (Å²) in [4.78, 5) is 25.8. The topological polar surface area (TPSA) is 101 Å². The maximum atomic E-state index is 12.3. The van der Waals surface area contributed by atoms with Crippen LogP contribution in [-0.4, -0.2) is 43.0 Å². The summed E-state index contributed by atoms with van der Waals surface area (Å²) in [5, 5.41) is 6.77. The molecular formula is C20H28N4O3. The van der Waals surface area contributed by atoms with Crippen LogP contribution in [0.3, 0.4) is 0 Å². The van der Waals surface area contributed by atoms with Crippen molar-refractivity contribution in [1.82, 2.24) is 10.2 Å². The van der Waals surface area contributed by atoms with E-state index in [9.17, 15) is 9.59 Å². The van der Waals surface area contributed by atoms with Crippen LogP contribution in [-0.2, 0) is 11.2 Å². The number of nitrogens with one attached hydrogen (secondary N) is 2. The monoisotopic (exact) mass is 372 g/mol. The fourth-order valence-corrected chi connectivity index (χ4v) is 3.71. The van der Waals surface area contributed by atoms with Crippen molar-refractivity contribution >= 4 is 28.6 Å². The SMILES string of the molecule is CCc1oc2c(NC(=O)NCCN3CCC[C@H](C(N)=O)C3)cccc2c1C. The summed E-state index contributed by atoms with van der Waals surface area (Å²) in [5.41, 5.74) is 7.90. The van der Waals surface area contributed by atoms with E-state index in [2.05, 4.69) is 15.5 Å². The molecule has 1 saturated heterocycles. The van der Waals surface area contributed by atoms with E-state index in [0.717, 1.165) is 42.5 Å². The zero-order chi connectivity index (χ0) is 19.4. The predicted molar refractivity (Wildman–Crippen MR) is 106 cm³/mol. The lowest BCUT2D eigenvalue weighted by atomic mass is 9.97. The molecule has 27 heavy (non-hydrogen) atoms. The molecular weight excluding hydrogens is 344 g/mol. The maximum Gasteiger partial charge on any atom is 0.319 e. The van der Waals surface area contributed by atoms with Crippen LogP contribution in [0.4, 0.5) is 10.5 Å². The number of carbonyl (C=O) groups is 2. The Morgan fingerprint density at radius 1 is 1.37 bits per heavy atom. The lowest BCUT2D eigenvalue weighted by molar-refractivity contribution is -0.123. The molecule has 0 saturated carbocycles. The average molecular weight is 372 g/mol. The maximum absolute atomic E-state index is 12.3. The van der Waals surface area contributed by atoms with Gasteiger partial charge in [0, 0.05) is 31.4 Å². The normalized spacial score (nSPS) is 17.8. The van der Waals surface area contributed by atoms with Crippen LogP contribution in [0.25, 0.3) is 11.0 Å². The van der Waals surface area contributed by atoms with Crippen molar-refractivity contribution in [2.75, 3.05) is 31.5 Å². The molecule has 2 aromatic rings. The number of carbonyl (C=O) groups excluding carboxylic acids is 2. The Hall–Kier alpha value is -2.54. The van der Waals surface area contributed by atoms with Gasteiger partial charge in [0.1, 0.15) is 5.76 Å². The highest BCUT2D eigenvalue weighted by Gasteiger charge is 2.23. The number of para-hydroxylation sites is 1. The van der Waals surface area contributed by atoms with Crippen LogP contribution in [0.1, 0.15) is 31.1 Å². The second-order valence-corrected chi connectivity index (χ2v) is 7.11. The van der Waals surface area contributed by atoms with E-state index in [0.29, 0.717) is 30.9 Å². The number of anilines is 1. The molecule has 1 atom stereocenters. The Kier molecular flexibility index (Phi) is 6.01. The summed E-state index contributed by atoms with van der Waals surface area (Å²) < 4.78 is 5.92. The first-order valence-corrected chi connectivity index (χ1v) is 9.57. The number of urea groups is 1. The summed E-state index contributed by atoms with van der Waals surface area (Å²) in [6.07, 6.45) is 2.62. The first kappa shape index (κ1) is 19.2. The number of aryl methyl sites for hydroxylation is 2. The number of likely N-dealkylation sites (tertiary alicyclic amines) is 1. The summed E-state index contributed by atoms with van der Waals surface area (Å²) in [6, 6.07) is 5.49. The van der Waals surface area contributed by atoms with E-state index in [4.69, 9.17) is 10.2 Å². The number of amides is 3. The Bertz CT molecular complexity index is 830. The van der Waals surface area contributed by atoms with E-state index in [1.807, 2.05) is 32.0 Å². The molecule has 0 spiro atoms. The largest absolute Gasteiger partial charge is 0.459 e. The second-order valence-electron chi connectivity index (χ2n) is 7.11. The summed E-state index contributed by atoms with van der Waals surface area (Å²) >= 11 is 0. The molecule has 3 amide bonds. The smallest absolute Gasteiger partial charge is 0.319 e. The first-order valence-electron chi connectivity index (χ1n) is 9.57. The van der Waals surface area contributed by atoms with Crippen LogP contribution in [0, 0.1) is 12.8 Å². The molecule has 0 aliphatic carbocycles. The molecule has 3 rings (SSSR count). The Labute approximate surface area is 159 Å². The van der Waals surface area contributed by atoms with E-state index < -0.39 is 0 Å². The van der Waals surface area contributed by atoms with Gasteiger partial charge < -0.3 is 25.7 Å². The Morgan fingerprint density at radius 3 is 2.93 bits per heavy atom. The number of piperidine rings is 1. The van der Waals surface area contributed by atoms with Crippen LogP contribution >= 0.6 is 0 Å². The van der Waals surface area contributed by atoms with Crippen molar-refractivity contribution in [3.8, 4) is 0 Å². The van der Waals surface area contributed by atoms with Gasteiger partial charge in [-0.2, -0.15) is 0 Å². The third kappa shape index (κ3) is 4.42. The Morgan fingerprint density at radius 2 is 2.19 bits per heavy atom. The molecule has 1 aromatic carbocycles. The summed E-state index contributed by atoms with van der Waals surface area (Å²) in [5.74, 6) is 0.618. The van der Waals surface area contributed by atoms with Gasteiger partial charge in [-0.3, -0.25) is 4.79 Å². The summed E-state index contributed by atoms with van der Waals surface area (Å²) in [7, 11) is 0. The van der Waals surface area contributed by atoms with Gasteiger partial charge in [-0.1, -0.05) is 19.1 Å². The molecule has 0 radical (unpaired) electrons. The lowest BCUT2D eigenvalue weighted by Gasteiger charge is -2.31. The van der Waals surface area contributed by atoms with Gasteiger partial charge in [0.25, 0.3) is 0 Å². The van der Waals surface area contributed by atoms with Crippen molar-refractivity contribution in [3.05, 3.63) is 29.5 Å². The zero-order valence-electron chi connectivity index (χ0n) is 16.0. The molecule has 7 heteroatoms. The number of rotatable bonds is 6. The van der Waals surface area contributed by atoms with Gasteiger partial charge >= 0.3 is 6.03 Å². The highest BCUT2D eigenvalue weighted by atomic mass is 16.3. The summed E-state index contributed by atoms with van der Waals surface area (Å²) in [6.45, 7) is 6.88. The third-order valence-electron chi connectivity index (χ3n) is 5.25. The van der Waals surface area contributed by atoms with Crippen molar-refractivity contribution in [1.29, 1.82) is 0 Å². The minimum absolute atomic E-state index is 0.0832. The fourth-order valence-electron chi connectivity index (χ4n) is 3.71. The molecule has 1 aliphatic rings. The van der Waals surface area contributed by atoms with E-state index in [1.165, 1.54) is 0 Å². The second kappa shape index (κ2) is 8.43. The van der Waals surface area contributed by atoms with Crippen LogP contribution in [0.5, 0.6) is 0 Å². The number of hydrogen-bond donors (Lipinski definition) is 3. The van der Waals surface area contributed by atoms with E-state index in [1.54, 1.807) is 0 Å². The van der Waals surface area contributed by atoms with Gasteiger partial charge in [-0.15, -0.1) is 0 Å². The third-order valence-corrected chi connectivity index (χ3v) is 5.25. The molecule has 4 N–H and O–H groups in total. The van der Waals surface area contributed by atoms with Crippen LogP contribution in [0.15, 0.2) is 22.6 Å². The van der Waals surface area contributed by atoms with Gasteiger partial charge in [-0.25, -0.2) is 4.79 Å². The molecule has 146 valence electrons. The first-order chi connectivity index (χ1) is 13.0. The quantitative estimate of drug-likeness (QED) is 0.725. The highest BCUT2D eigenvalue weighted by molar-refractivity contribution is 6.00. The number of hydrogen-bond acceptors (Lipinski definition) is 4. The number of nitrogens with zero attached hydrogens (tertiary/aromatic N) is 1. The highest BCUT2D eigenvalue weighted by Crippen LogP contribution is 2.31. The van der Waals surface area contributed by atoms with Crippen molar-refractivity contribution in [2.45, 2.75) is 33.1 Å². The molecule has 1 fully saturated rings. The molecule has 1 aromatic heterocycles. The molecule has 1 aliphatic heterocycles. The van der Waals surface area contributed by atoms with Crippen molar-refractivity contribution in [2.24, 2.45) is 11.7 Å². The molecule has 0 unspecified atom stereocenters. The molecule has 0 bridgehead atoms. The zero-order valence-corrected chi connectivity index (χ0v) is 16.0. The van der Waals surface area contributed by atoms with Crippen molar-refractivity contribution in [3.63, 3.8) is 0 Å². The molecule has 2 heterocycles. The number of nitrogens with two attached hydrogens (primary N) is 1. The van der Waals surface area contributed by atoms with Crippen molar-refractivity contribution < 1.29 is 14.0 Å². The number of benzene rings is 1. The van der Waals surface area contributed by atoms with Gasteiger partial charge in [0.15, 0.2) is 5.58 Å². The average Bonchev–Trinajstić information content (AvgIpc) is 2.99. The number of fused-ring (bicyclic) bond motifs is 1. The van der Waals surface area contributed by atoms with Gasteiger partial charge in [0.05, 0.1) is 11.6 Å². The van der Waals surface area contributed by atoms with Crippen LogP contribution in [0.2, 0.25) is 0 Å². The number of primary amides is 1. The fraction of sp³-hybridized carbons (Fsp3) is 0.500. The Balaban J connectivity index is 1.54. The predicted octanol–water partition coefficient (Wildman–Crippen LogP) is 2.62. The van der Waals surface area contributed by atoms with Gasteiger partial charge in [-0.05, 0) is 37.9 Å². The minimum atomic E-state index is -0.266. The lowest BCUT2D eigenvalue weighted by Crippen LogP contribution is -2.44. The van der Waals surface area contributed by atoms with Crippen LogP contribution < -0.4 is 16.4 Å². The standard InChI is InChI=1S/C20H28N4O3/c1-3-17-13(2)15-7-4-8-16(18(15)27-17)23-20(26)22-9-11-24-10-5-6-14(12-24)19(21)25/h4,7-8,14H,3,5-6,9-12H2,1-2H3,(H2,21,25)(H2,22,23,26)/t14-/m0/s1. The molecule has 7 nitrogen and oxygen atoms in total. The van der Waals surface area contributed by atoms with Gasteiger partial charge in [0.2, 0.25) is 5.91 Å². The number of furan rings is 1. The van der Waals surface area contributed by atoms with E-state index in [-0.39, 0.29) is 17.9 Å². The van der Waals surface area contributed by atoms with E-state index >= 15 is 0 Å². The minimum Gasteiger partial charge on any atom is -0.459 e.